The fraction of sp³-hybridized carbons (Fsp3) is 0.200. The monoisotopic (exact) mass is 627 g/mol. The SMILES string of the molecule is C=CCc1cc(/C=C2\SC(=O)N(CCOc3ccccc3Cl)C2=O)cc(OCC)c1OCc1ccc(Br)cc1. The minimum absolute atomic E-state index is 0.113. The van der Waals surface area contributed by atoms with Crippen molar-refractivity contribution in [2.45, 2.75) is 20.0 Å². The highest BCUT2D eigenvalue weighted by atomic mass is 79.9. The number of thioether (sulfide) groups is 1. The van der Waals surface area contributed by atoms with Gasteiger partial charge in [0.25, 0.3) is 11.1 Å². The van der Waals surface area contributed by atoms with Crippen LogP contribution in [0, 0.1) is 0 Å². The van der Waals surface area contributed by atoms with Gasteiger partial charge >= 0.3 is 0 Å². The van der Waals surface area contributed by atoms with Crippen LogP contribution in [0.2, 0.25) is 5.02 Å². The molecule has 39 heavy (non-hydrogen) atoms. The molecule has 9 heteroatoms. The van der Waals surface area contributed by atoms with Gasteiger partial charge in [-0.3, -0.25) is 14.5 Å². The molecule has 2 amide bonds. The smallest absolute Gasteiger partial charge is 0.293 e. The summed E-state index contributed by atoms with van der Waals surface area (Å²) in [6, 6.07) is 18.7. The number of amides is 2. The van der Waals surface area contributed by atoms with Gasteiger partial charge in [-0.2, -0.15) is 0 Å². The Labute approximate surface area is 245 Å². The molecule has 0 spiro atoms. The second kappa shape index (κ2) is 13.7. The van der Waals surface area contributed by atoms with Crippen molar-refractivity contribution in [2.75, 3.05) is 19.8 Å². The van der Waals surface area contributed by atoms with E-state index in [1.54, 1.807) is 36.4 Å². The fourth-order valence-electron chi connectivity index (χ4n) is 3.89. The Kier molecular flexibility index (Phi) is 10.1. The minimum Gasteiger partial charge on any atom is -0.490 e. The first-order chi connectivity index (χ1) is 18.9. The number of hydrogen-bond donors (Lipinski definition) is 0. The van der Waals surface area contributed by atoms with Crippen LogP contribution in [0.1, 0.15) is 23.6 Å². The molecule has 202 valence electrons. The number of carbonyl (C=O) groups is 2. The Hall–Kier alpha value is -3.20. The highest BCUT2D eigenvalue weighted by Gasteiger charge is 2.35. The molecule has 6 nitrogen and oxygen atoms in total. The van der Waals surface area contributed by atoms with Crippen molar-refractivity contribution in [3.63, 3.8) is 0 Å². The zero-order valence-electron chi connectivity index (χ0n) is 21.3. The lowest BCUT2D eigenvalue weighted by Crippen LogP contribution is -2.32. The van der Waals surface area contributed by atoms with Crippen LogP contribution in [0.15, 0.2) is 82.7 Å². The summed E-state index contributed by atoms with van der Waals surface area (Å²) in [5.41, 5.74) is 2.61. The third-order valence-electron chi connectivity index (χ3n) is 5.70. The number of ether oxygens (including phenoxy) is 3. The highest BCUT2D eigenvalue weighted by molar-refractivity contribution is 9.10. The Bertz CT molecular complexity index is 1390. The first-order valence-corrected chi connectivity index (χ1v) is 14.3. The van der Waals surface area contributed by atoms with Crippen LogP contribution in [0.3, 0.4) is 0 Å². The Morgan fingerprint density at radius 3 is 2.51 bits per heavy atom. The maximum Gasteiger partial charge on any atom is 0.293 e. The van der Waals surface area contributed by atoms with Gasteiger partial charge in [0.15, 0.2) is 11.5 Å². The van der Waals surface area contributed by atoms with Crippen LogP contribution < -0.4 is 14.2 Å². The highest BCUT2D eigenvalue weighted by Crippen LogP contribution is 2.38. The summed E-state index contributed by atoms with van der Waals surface area (Å²) < 4.78 is 18.8. The molecule has 0 aromatic heterocycles. The number of imide groups is 1. The molecule has 1 aliphatic rings. The quantitative estimate of drug-likeness (QED) is 0.150. The molecular formula is C30H27BrClNO5S. The van der Waals surface area contributed by atoms with Gasteiger partial charge in [-0.05, 0) is 78.7 Å². The van der Waals surface area contributed by atoms with E-state index in [1.165, 1.54) is 4.90 Å². The van der Waals surface area contributed by atoms with Crippen molar-refractivity contribution >= 4 is 56.5 Å². The Balaban J connectivity index is 1.52. The van der Waals surface area contributed by atoms with Gasteiger partial charge in [-0.25, -0.2) is 0 Å². The third kappa shape index (κ3) is 7.47. The normalized spacial score (nSPS) is 14.1. The topological polar surface area (TPSA) is 65.1 Å². The van der Waals surface area contributed by atoms with Crippen molar-refractivity contribution in [1.29, 1.82) is 0 Å². The molecule has 3 aromatic carbocycles. The minimum atomic E-state index is -0.369. The first kappa shape index (κ1) is 28.8. The molecule has 0 unspecified atom stereocenters. The van der Waals surface area contributed by atoms with Gasteiger partial charge in [0.05, 0.1) is 23.1 Å². The van der Waals surface area contributed by atoms with Crippen molar-refractivity contribution in [3.05, 3.63) is 104 Å². The van der Waals surface area contributed by atoms with E-state index in [4.69, 9.17) is 25.8 Å². The van der Waals surface area contributed by atoms with Gasteiger partial charge in [-0.15, -0.1) is 6.58 Å². The zero-order chi connectivity index (χ0) is 27.8. The lowest BCUT2D eigenvalue weighted by molar-refractivity contribution is -0.123. The number of benzene rings is 3. The van der Waals surface area contributed by atoms with Crippen molar-refractivity contribution in [3.8, 4) is 17.2 Å². The molecule has 0 radical (unpaired) electrons. The molecular weight excluding hydrogens is 602 g/mol. The molecule has 0 N–H and O–H groups in total. The van der Waals surface area contributed by atoms with E-state index in [1.807, 2.05) is 43.3 Å². The Morgan fingerprint density at radius 2 is 1.79 bits per heavy atom. The number of halogens is 2. The maximum absolute atomic E-state index is 13.1. The van der Waals surface area contributed by atoms with E-state index in [-0.39, 0.29) is 24.3 Å². The van der Waals surface area contributed by atoms with Crippen molar-refractivity contribution in [2.24, 2.45) is 0 Å². The third-order valence-corrected chi connectivity index (χ3v) is 7.44. The van der Waals surface area contributed by atoms with E-state index in [9.17, 15) is 9.59 Å². The van der Waals surface area contributed by atoms with E-state index in [2.05, 4.69) is 22.5 Å². The predicted molar refractivity (Wildman–Crippen MR) is 160 cm³/mol. The van der Waals surface area contributed by atoms with Gasteiger partial charge < -0.3 is 14.2 Å². The van der Waals surface area contributed by atoms with E-state index < -0.39 is 0 Å². The lowest BCUT2D eigenvalue weighted by Gasteiger charge is -2.17. The summed E-state index contributed by atoms with van der Waals surface area (Å²) in [5.74, 6) is 1.32. The number of hydrogen-bond acceptors (Lipinski definition) is 6. The largest absolute Gasteiger partial charge is 0.490 e. The van der Waals surface area contributed by atoms with Crippen molar-refractivity contribution in [1.82, 2.24) is 4.90 Å². The van der Waals surface area contributed by atoms with Gasteiger partial charge in [-0.1, -0.05) is 57.9 Å². The molecule has 0 saturated carbocycles. The number of rotatable bonds is 12. The summed E-state index contributed by atoms with van der Waals surface area (Å²) in [4.78, 5) is 27.2. The summed E-state index contributed by atoms with van der Waals surface area (Å²) in [7, 11) is 0. The van der Waals surface area contributed by atoms with Crippen LogP contribution in [0.25, 0.3) is 6.08 Å². The average Bonchev–Trinajstić information content (AvgIpc) is 3.18. The summed E-state index contributed by atoms with van der Waals surface area (Å²) in [5, 5.41) is 0.121. The van der Waals surface area contributed by atoms with E-state index in [0.717, 1.165) is 32.9 Å². The second-order valence-corrected chi connectivity index (χ2v) is 10.8. The van der Waals surface area contributed by atoms with Gasteiger partial charge in [0.2, 0.25) is 0 Å². The van der Waals surface area contributed by atoms with Crippen LogP contribution in [-0.4, -0.2) is 35.8 Å². The molecule has 4 rings (SSSR count). The molecule has 0 atom stereocenters. The van der Waals surface area contributed by atoms with Gasteiger partial charge in [0.1, 0.15) is 19.0 Å². The molecule has 1 heterocycles. The van der Waals surface area contributed by atoms with Crippen LogP contribution >= 0.6 is 39.3 Å². The molecule has 0 bridgehead atoms. The van der Waals surface area contributed by atoms with Crippen LogP contribution in [0.4, 0.5) is 4.79 Å². The fourth-order valence-corrected chi connectivity index (χ4v) is 5.21. The number of allylic oxidation sites excluding steroid dienone is 1. The molecule has 1 saturated heterocycles. The number of para-hydroxylation sites is 1. The summed E-state index contributed by atoms with van der Waals surface area (Å²) in [6.07, 6.45) is 4.03. The zero-order valence-corrected chi connectivity index (χ0v) is 24.5. The van der Waals surface area contributed by atoms with Crippen molar-refractivity contribution < 1.29 is 23.8 Å². The van der Waals surface area contributed by atoms with Crippen LogP contribution in [-0.2, 0) is 17.8 Å². The molecule has 1 aliphatic heterocycles. The number of nitrogens with zero attached hydrogens (tertiary/aromatic N) is 1. The Morgan fingerprint density at radius 1 is 1.03 bits per heavy atom. The van der Waals surface area contributed by atoms with E-state index in [0.29, 0.717) is 46.8 Å². The average molecular weight is 629 g/mol. The van der Waals surface area contributed by atoms with Gasteiger partial charge in [0, 0.05) is 10.0 Å². The molecule has 3 aromatic rings. The predicted octanol–water partition coefficient (Wildman–Crippen LogP) is 7.92. The standard InChI is InChI=1S/C30H27BrClNO5S/c1-3-7-22-16-21(17-26(36-4-2)28(22)38-19-20-10-12-23(31)13-11-20)18-27-29(34)33(30(35)39-27)14-15-37-25-9-6-5-8-24(25)32/h3,5-6,8-13,16-18H,1,4,7,14-15,19H2,2H3/b27-18-. The molecule has 0 aliphatic carbocycles. The van der Waals surface area contributed by atoms with Crippen LogP contribution in [0.5, 0.6) is 17.2 Å². The summed E-state index contributed by atoms with van der Waals surface area (Å²) >= 11 is 10.5. The first-order valence-electron chi connectivity index (χ1n) is 12.3. The van der Waals surface area contributed by atoms with E-state index >= 15 is 0 Å². The second-order valence-electron chi connectivity index (χ2n) is 8.46. The summed E-state index contributed by atoms with van der Waals surface area (Å²) in [6.45, 7) is 6.83. The molecule has 1 fully saturated rings. The number of carbonyl (C=O) groups excluding carboxylic acids is 2. The maximum atomic E-state index is 13.1. The lowest BCUT2D eigenvalue weighted by atomic mass is 10.0.